The SMILES string of the molecule is NCCCCCCCCCC(=O)Nc1ccc(NCc2ccc(C(F)(F)F)cc2)cc1. The number of amides is 1. The molecule has 0 heterocycles. The molecule has 0 aliphatic carbocycles. The molecule has 0 aromatic heterocycles. The number of benzene rings is 2. The molecule has 0 atom stereocenters. The topological polar surface area (TPSA) is 67.2 Å². The van der Waals surface area contributed by atoms with Crippen molar-refractivity contribution in [3.8, 4) is 0 Å². The van der Waals surface area contributed by atoms with E-state index < -0.39 is 11.7 Å². The molecule has 31 heavy (non-hydrogen) atoms. The Morgan fingerprint density at radius 1 is 0.774 bits per heavy atom. The third-order valence-corrected chi connectivity index (χ3v) is 5.05. The summed E-state index contributed by atoms with van der Waals surface area (Å²) in [6.45, 7) is 1.17. The van der Waals surface area contributed by atoms with E-state index in [1.54, 1.807) is 0 Å². The van der Waals surface area contributed by atoms with Crippen molar-refractivity contribution in [2.45, 2.75) is 64.1 Å². The smallest absolute Gasteiger partial charge is 0.381 e. The van der Waals surface area contributed by atoms with Gasteiger partial charge in [-0.3, -0.25) is 4.79 Å². The van der Waals surface area contributed by atoms with E-state index in [0.29, 0.717) is 13.0 Å². The molecule has 0 aliphatic heterocycles. The van der Waals surface area contributed by atoms with Gasteiger partial charge in [0.1, 0.15) is 0 Å². The molecule has 170 valence electrons. The van der Waals surface area contributed by atoms with Crippen LogP contribution in [0.2, 0.25) is 0 Å². The van der Waals surface area contributed by atoms with Crippen LogP contribution in [-0.4, -0.2) is 12.5 Å². The molecule has 2 rings (SSSR count). The molecule has 0 aliphatic rings. The van der Waals surface area contributed by atoms with Gasteiger partial charge in [0.2, 0.25) is 5.91 Å². The monoisotopic (exact) mass is 435 g/mol. The van der Waals surface area contributed by atoms with Crippen molar-refractivity contribution in [2.75, 3.05) is 17.2 Å². The number of carbonyl (C=O) groups excluding carboxylic acids is 1. The van der Waals surface area contributed by atoms with Gasteiger partial charge in [0.15, 0.2) is 0 Å². The highest BCUT2D eigenvalue weighted by molar-refractivity contribution is 5.90. The minimum atomic E-state index is -4.32. The first-order valence-corrected chi connectivity index (χ1v) is 10.9. The second kappa shape index (κ2) is 13.0. The van der Waals surface area contributed by atoms with Gasteiger partial charge < -0.3 is 16.4 Å². The van der Waals surface area contributed by atoms with Gasteiger partial charge in [-0.1, -0.05) is 44.2 Å². The predicted molar refractivity (Wildman–Crippen MR) is 120 cm³/mol. The summed E-state index contributed by atoms with van der Waals surface area (Å²) in [6, 6.07) is 12.4. The van der Waals surface area contributed by atoms with Crippen LogP contribution in [0.4, 0.5) is 24.5 Å². The summed E-state index contributed by atoms with van der Waals surface area (Å²) in [5.41, 5.74) is 7.13. The molecule has 2 aromatic rings. The molecule has 0 fully saturated rings. The number of halogens is 3. The fraction of sp³-hybridized carbons (Fsp3) is 0.458. The number of hydrogen-bond donors (Lipinski definition) is 3. The van der Waals surface area contributed by atoms with E-state index in [9.17, 15) is 18.0 Å². The minimum absolute atomic E-state index is 0.00796. The Bertz CT molecular complexity index is 774. The number of nitrogens with one attached hydrogen (secondary N) is 2. The third-order valence-electron chi connectivity index (χ3n) is 5.05. The highest BCUT2D eigenvalue weighted by Crippen LogP contribution is 2.29. The lowest BCUT2D eigenvalue weighted by Crippen LogP contribution is -2.11. The van der Waals surface area contributed by atoms with Gasteiger partial charge in [-0.2, -0.15) is 13.2 Å². The predicted octanol–water partition coefficient (Wildman–Crippen LogP) is 6.34. The molecule has 0 saturated heterocycles. The summed E-state index contributed by atoms with van der Waals surface area (Å²) < 4.78 is 37.8. The van der Waals surface area contributed by atoms with Crippen molar-refractivity contribution in [1.29, 1.82) is 0 Å². The highest BCUT2D eigenvalue weighted by Gasteiger charge is 2.29. The highest BCUT2D eigenvalue weighted by atomic mass is 19.4. The average molecular weight is 436 g/mol. The van der Waals surface area contributed by atoms with Crippen molar-refractivity contribution in [1.82, 2.24) is 0 Å². The molecule has 0 spiro atoms. The first kappa shape index (κ1) is 24.7. The molecular weight excluding hydrogens is 403 g/mol. The van der Waals surface area contributed by atoms with Crippen LogP contribution in [-0.2, 0) is 17.5 Å². The summed E-state index contributed by atoms with van der Waals surface area (Å²) in [5, 5.41) is 6.06. The average Bonchev–Trinajstić information content (AvgIpc) is 2.75. The molecule has 0 radical (unpaired) electrons. The van der Waals surface area contributed by atoms with Gasteiger partial charge in [0.05, 0.1) is 5.56 Å². The summed E-state index contributed by atoms with van der Waals surface area (Å²) >= 11 is 0. The Balaban J connectivity index is 1.65. The van der Waals surface area contributed by atoms with Crippen LogP contribution in [0.5, 0.6) is 0 Å². The first-order chi connectivity index (χ1) is 14.9. The zero-order chi connectivity index (χ0) is 22.5. The molecule has 0 saturated carbocycles. The molecule has 4 nitrogen and oxygen atoms in total. The molecule has 2 aromatic carbocycles. The Hall–Kier alpha value is -2.54. The number of unbranched alkanes of at least 4 members (excludes halogenated alkanes) is 6. The number of rotatable bonds is 13. The maximum absolute atomic E-state index is 12.6. The van der Waals surface area contributed by atoms with Crippen molar-refractivity contribution >= 4 is 17.3 Å². The van der Waals surface area contributed by atoms with E-state index in [1.165, 1.54) is 31.4 Å². The van der Waals surface area contributed by atoms with Crippen molar-refractivity contribution in [3.05, 3.63) is 59.7 Å². The van der Waals surface area contributed by atoms with Crippen LogP contribution in [0.15, 0.2) is 48.5 Å². The van der Waals surface area contributed by atoms with E-state index >= 15 is 0 Å². The lowest BCUT2D eigenvalue weighted by Gasteiger charge is -2.10. The van der Waals surface area contributed by atoms with Gasteiger partial charge in [-0.25, -0.2) is 0 Å². The van der Waals surface area contributed by atoms with Crippen LogP contribution in [0.25, 0.3) is 0 Å². The van der Waals surface area contributed by atoms with Gasteiger partial charge in [-0.15, -0.1) is 0 Å². The van der Waals surface area contributed by atoms with Gasteiger partial charge in [0.25, 0.3) is 0 Å². The second-order valence-electron chi connectivity index (χ2n) is 7.69. The van der Waals surface area contributed by atoms with Crippen molar-refractivity contribution < 1.29 is 18.0 Å². The largest absolute Gasteiger partial charge is 0.416 e. The molecule has 0 bridgehead atoms. The fourth-order valence-electron chi connectivity index (χ4n) is 3.22. The number of hydrogen-bond acceptors (Lipinski definition) is 3. The molecular formula is C24H32F3N3O. The lowest BCUT2D eigenvalue weighted by molar-refractivity contribution is -0.137. The molecule has 7 heteroatoms. The van der Waals surface area contributed by atoms with Crippen LogP contribution in [0.3, 0.4) is 0 Å². The van der Waals surface area contributed by atoms with Crippen molar-refractivity contribution in [2.24, 2.45) is 5.73 Å². The molecule has 4 N–H and O–H groups in total. The zero-order valence-electron chi connectivity index (χ0n) is 17.8. The number of carbonyl (C=O) groups is 1. The molecule has 1 amide bonds. The van der Waals surface area contributed by atoms with Crippen LogP contribution in [0, 0.1) is 0 Å². The van der Waals surface area contributed by atoms with E-state index in [1.807, 2.05) is 24.3 Å². The van der Waals surface area contributed by atoms with Crippen LogP contribution in [0.1, 0.15) is 62.5 Å². The number of nitrogens with two attached hydrogens (primary N) is 1. The van der Waals surface area contributed by atoms with E-state index in [2.05, 4.69) is 10.6 Å². The Morgan fingerprint density at radius 2 is 1.32 bits per heavy atom. The number of alkyl halides is 3. The minimum Gasteiger partial charge on any atom is -0.381 e. The maximum atomic E-state index is 12.6. The summed E-state index contributed by atoms with van der Waals surface area (Å²) in [6.07, 6.45) is 3.96. The van der Waals surface area contributed by atoms with Crippen LogP contribution >= 0.6 is 0 Å². The standard InChI is InChI=1S/C24H32F3N3O/c25-24(26,27)20-11-9-19(10-12-20)18-29-21-13-15-22(16-14-21)30-23(31)8-6-4-2-1-3-5-7-17-28/h9-16,29H,1-8,17-18,28H2,(H,30,31). The Labute approximate surface area is 182 Å². The summed E-state index contributed by atoms with van der Waals surface area (Å²) in [4.78, 5) is 12.1. The quantitative estimate of drug-likeness (QED) is 0.322. The Kier molecular flexibility index (Phi) is 10.4. The zero-order valence-corrected chi connectivity index (χ0v) is 17.8. The fourth-order valence-corrected chi connectivity index (χ4v) is 3.22. The number of anilines is 2. The maximum Gasteiger partial charge on any atom is 0.416 e. The summed E-state index contributed by atoms with van der Waals surface area (Å²) in [5.74, 6) is 0.00796. The molecule has 0 unspecified atom stereocenters. The Morgan fingerprint density at radius 3 is 1.90 bits per heavy atom. The second-order valence-corrected chi connectivity index (χ2v) is 7.69. The van der Waals surface area contributed by atoms with Crippen LogP contribution < -0.4 is 16.4 Å². The lowest BCUT2D eigenvalue weighted by atomic mass is 10.1. The van der Waals surface area contributed by atoms with Gasteiger partial charge in [0, 0.05) is 24.3 Å². The van der Waals surface area contributed by atoms with Gasteiger partial charge in [-0.05, 0) is 61.3 Å². The van der Waals surface area contributed by atoms with Gasteiger partial charge >= 0.3 is 6.18 Å². The third kappa shape index (κ3) is 9.87. The first-order valence-electron chi connectivity index (χ1n) is 10.9. The normalized spacial score (nSPS) is 11.4. The van der Waals surface area contributed by atoms with E-state index in [0.717, 1.165) is 61.3 Å². The van der Waals surface area contributed by atoms with E-state index in [4.69, 9.17) is 5.73 Å². The van der Waals surface area contributed by atoms with Crippen molar-refractivity contribution in [3.63, 3.8) is 0 Å². The summed E-state index contributed by atoms with van der Waals surface area (Å²) in [7, 11) is 0. The van der Waals surface area contributed by atoms with E-state index in [-0.39, 0.29) is 5.91 Å².